The average Bonchev–Trinajstić information content (AvgIpc) is 2.53. The van der Waals surface area contributed by atoms with Crippen LogP contribution in [0.4, 0.5) is 14.9 Å². The van der Waals surface area contributed by atoms with E-state index in [2.05, 4.69) is 5.32 Å². The standard InChI is InChI=1S/C18H27BFNO4/c1-11-9-12(21-15(22)23-16(2,3)4)10-13(20)14(11)19-24-17(5,6)18(7,8)25-19/h9-10H,1-8H3,(H,21,22). The summed E-state index contributed by atoms with van der Waals surface area (Å²) in [6.45, 7) is 14.7. The third-order valence-electron chi connectivity index (χ3n) is 4.47. The van der Waals surface area contributed by atoms with E-state index >= 15 is 0 Å². The van der Waals surface area contributed by atoms with Gasteiger partial charge in [-0.15, -0.1) is 0 Å². The van der Waals surface area contributed by atoms with Crippen molar-refractivity contribution in [2.75, 3.05) is 5.32 Å². The summed E-state index contributed by atoms with van der Waals surface area (Å²) >= 11 is 0. The van der Waals surface area contributed by atoms with Crippen LogP contribution < -0.4 is 10.8 Å². The van der Waals surface area contributed by atoms with Crippen molar-refractivity contribution in [3.8, 4) is 0 Å². The van der Waals surface area contributed by atoms with Crippen LogP contribution in [0.1, 0.15) is 54.0 Å². The Hall–Kier alpha value is -1.60. The minimum atomic E-state index is -0.791. The summed E-state index contributed by atoms with van der Waals surface area (Å²) in [7, 11) is -0.791. The van der Waals surface area contributed by atoms with Gasteiger partial charge in [0.2, 0.25) is 0 Å². The molecule has 0 unspecified atom stereocenters. The van der Waals surface area contributed by atoms with Gasteiger partial charge in [-0.3, -0.25) is 5.32 Å². The minimum Gasteiger partial charge on any atom is -0.444 e. The maximum atomic E-state index is 14.7. The van der Waals surface area contributed by atoms with Crippen molar-refractivity contribution in [2.24, 2.45) is 0 Å². The first-order valence-corrected chi connectivity index (χ1v) is 8.37. The highest BCUT2D eigenvalue weighted by Crippen LogP contribution is 2.37. The van der Waals surface area contributed by atoms with Gasteiger partial charge in [-0.05, 0) is 73.1 Å². The molecule has 1 aromatic rings. The van der Waals surface area contributed by atoms with Crippen LogP contribution in [0.2, 0.25) is 0 Å². The highest BCUT2D eigenvalue weighted by molar-refractivity contribution is 6.62. The number of anilines is 1. The summed E-state index contributed by atoms with van der Waals surface area (Å²) in [5.41, 5.74) is -0.434. The van der Waals surface area contributed by atoms with Gasteiger partial charge in [0, 0.05) is 11.2 Å². The molecule has 2 rings (SSSR count). The van der Waals surface area contributed by atoms with Crippen molar-refractivity contribution in [2.45, 2.75) is 72.2 Å². The number of carbonyl (C=O) groups is 1. The molecule has 1 N–H and O–H groups in total. The Labute approximate surface area is 149 Å². The Kier molecular flexibility index (Phi) is 4.96. The molecular weight excluding hydrogens is 324 g/mol. The van der Waals surface area contributed by atoms with E-state index in [1.807, 2.05) is 27.7 Å². The van der Waals surface area contributed by atoms with Gasteiger partial charge in [-0.25, -0.2) is 9.18 Å². The Bertz CT molecular complexity index is 643. The summed E-state index contributed by atoms with van der Waals surface area (Å²) < 4.78 is 31.7. The zero-order valence-corrected chi connectivity index (χ0v) is 16.2. The van der Waals surface area contributed by atoms with Crippen LogP contribution >= 0.6 is 0 Å². The normalized spacial score (nSPS) is 19.0. The lowest BCUT2D eigenvalue weighted by Gasteiger charge is -2.32. The van der Waals surface area contributed by atoms with Crippen LogP contribution in [-0.4, -0.2) is 30.0 Å². The first-order chi connectivity index (χ1) is 11.2. The molecule has 0 aliphatic carbocycles. The molecule has 1 aliphatic heterocycles. The third kappa shape index (κ3) is 4.33. The molecule has 0 saturated carbocycles. The molecule has 1 saturated heterocycles. The highest BCUT2D eigenvalue weighted by Gasteiger charge is 2.52. The van der Waals surface area contributed by atoms with Crippen molar-refractivity contribution < 1.29 is 23.2 Å². The van der Waals surface area contributed by atoms with Gasteiger partial charge >= 0.3 is 13.2 Å². The molecular formula is C18H27BFNO4. The van der Waals surface area contributed by atoms with E-state index in [1.54, 1.807) is 33.8 Å². The van der Waals surface area contributed by atoms with E-state index in [9.17, 15) is 9.18 Å². The fourth-order valence-corrected chi connectivity index (χ4v) is 2.51. The lowest BCUT2D eigenvalue weighted by Crippen LogP contribution is -2.41. The van der Waals surface area contributed by atoms with Crippen LogP contribution in [0.5, 0.6) is 0 Å². The van der Waals surface area contributed by atoms with Gasteiger partial charge in [0.1, 0.15) is 11.4 Å². The van der Waals surface area contributed by atoms with Crippen molar-refractivity contribution in [1.82, 2.24) is 0 Å². The molecule has 1 fully saturated rings. The predicted octanol–water partition coefficient (Wildman–Crippen LogP) is 3.78. The van der Waals surface area contributed by atoms with E-state index in [4.69, 9.17) is 14.0 Å². The number of halogens is 1. The van der Waals surface area contributed by atoms with E-state index in [0.717, 1.165) is 0 Å². The second kappa shape index (κ2) is 6.29. The topological polar surface area (TPSA) is 56.8 Å². The number of ether oxygens (including phenoxy) is 1. The molecule has 5 nitrogen and oxygen atoms in total. The predicted molar refractivity (Wildman–Crippen MR) is 96.7 cm³/mol. The number of benzene rings is 1. The minimum absolute atomic E-state index is 0.324. The molecule has 1 aliphatic rings. The first-order valence-electron chi connectivity index (χ1n) is 8.37. The van der Waals surface area contributed by atoms with Crippen molar-refractivity contribution >= 4 is 24.4 Å². The number of hydrogen-bond donors (Lipinski definition) is 1. The SMILES string of the molecule is Cc1cc(NC(=O)OC(C)(C)C)cc(F)c1B1OC(C)(C)C(C)(C)O1. The van der Waals surface area contributed by atoms with Crippen LogP contribution in [0.25, 0.3) is 0 Å². The third-order valence-corrected chi connectivity index (χ3v) is 4.47. The van der Waals surface area contributed by atoms with Crippen molar-refractivity contribution in [3.63, 3.8) is 0 Å². The van der Waals surface area contributed by atoms with Crippen LogP contribution in [0.3, 0.4) is 0 Å². The van der Waals surface area contributed by atoms with E-state index in [0.29, 0.717) is 16.7 Å². The van der Waals surface area contributed by atoms with E-state index < -0.39 is 35.8 Å². The fourth-order valence-electron chi connectivity index (χ4n) is 2.51. The molecule has 0 spiro atoms. The maximum Gasteiger partial charge on any atom is 0.498 e. The van der Waals surface area contributed by atoms with Gasteiger partial charge in [-0.2, -0.15) is 0 Å². The molecule has 138 valence electrons. The summed E-state index contributed by atoms with van der Waals surface area (Å²) in [6, 6.07) is 2.92. The van der Waals surface area contributed by atoms with Gasteiger partial charge < -0.3 is 14.0 Å². The van der Waals surface area contributed by atoms with Crippen LogP contribution in [0, 0.1) is 12.7 Å². The molecule has 0 radical (unpaired) electrons. The molecule has 7 heteroatoms. The second-order valence-electron chi connectivity index (χ2n) is 8.40. The van der Waals surface area contributed by atoms with Crippen LogP contribution in [0.15, 0.2) is 12.1 Å². The second-order valence-corrected chi connectivity index (χ2v) is 8.40. The number of aryl methyl sites for hydroxylation is 1. The average molecular weight is 351 g/mol. The van der Waals surface area contributed by atoms with E-state index in [1.165, 1.54) is 6.07 Å². The molecule has 0 bridgehead atoms. The van der Waals surface area contributed by atoms with Crippen molar-refractivity contribution in [3.05, 3.63) is 23.5 Å². The molecule has 0 aromatic heterocycles. The Morgan fingerprint density at radius 1 is 1.16 bits per heavy atom. The first kappa shape index (κ1) is 19.7. The molecule has 1 amide bonds. The Morgan fingerprint density at radius 3 is 2.12 bits per heavy atom. The molecule has 25 heavy (non-hydrogen) atoms. The van der Waals surface area contributed by atoms with Crippen molar-refractivity contribution in [1.29, 1.82) is 0 Å². The zero-order valence-electron chi connectivity index (χ0n) is 16.2. The van der Waals surface area contributed by atoms with Gasteiger partial charge in [0.15, 0.2) is 0 Å². The Morgan fingerprint density at radius 2 is 1.68 bits per heavy atom. The lowest BCUT2D eigenvalue weighted by molar-refractivity contribution is 0.00578. The zero-order chi connectivity index (χ0) is 19.2. The smallest absolute Gasteiger partial charge is 0.444 e. The summed E-state index contributed by atoms with van der Waals surface area (Å²) in [5, 5.41) is 2.55. The fraction of sp³-hybridized carbons (Fsp3) is 0.611. The van der Waals surface area contributed by atoms with Crippen LogP contribution in [-0.2, 0) is 14.0 Å². The highest BCUT2D eigenvalue weighted by atomic mass is 19.1. The summed E-state index contributed by atoms with van der Waals surface area (Å²) in [6.07, 6.45) is -0.630. The van der Waals surface area contributed by atoms with Gasteiger partial charge in [0.25, 0.3) is 0 Å². The number of hydrogen-bond acceptors (Lipinski definition) is 4. The van der Waals surface area contributed by atoms with E-state index in [-0.39, 0.29) is 0 Å². The maximum absolute atomic E-state index is 14.7. The number of nitrogens with one attached hydrogen (secondary N) is 1. The number of rotatable bonds is 2. The number of amides is 1. The van der Waals surface area contributed by atoms with Gasteiger partial charge in [0.05, 0.1) is 11.2 Å². The molecule has 0 atom stereocenters. The monoisotopic (exact) mass is 351 g/mol. The quantitative estimate of drug-likeness (QED) is 0.824. The largest absolute Gasteiger partial charge is 0.498 e. The Balaban J connectivity index is 2.23. The summed E-state index contributed by atoms with van der Waals surface area (Å²) in [5.74, 6) is -0.496. The molecule has 1 aromatic carbocycles. The lowest BCUT2D eigenvalue weighted by atomic mass is 9.75. The molecule has 1 heterocycles. The van der Waals surface area contributed by atoms with Gasteiger partial charge in [-0.1, -0.05) is 0 Å². The summed E-state index contributed by atoms with van der Waals surface area (Å²) in [4.78, 5) is 11.9. The number of carbonyl (C=O) groups excluding carboxylic acids is 1.